The van der Waals surface area contributed by atoms with Gasteiger partial charge in [0.25, 0.3) is 0 Å². The third-order valence-electron chi connectivity index (χ3n) is 3.21. The van der Waals surface area contributed by atoms with E-state index in [-0.39, 0.29) is 9.79 Å². The molecule has 0 N–H and O–H groups in total. The number of halogens is 1. The van der Waals surface area contributed by atoms with Crippen LogP contribution in [0.15, 0.2) is 63.3 Å². The summed E-state index contributed by atoms with van der Waals surface area (Å²) in [6.07, 6.45) is 0. The molecule has 6 heteroatoms. The zero-order valence-corrected chi connectivity index (χ0v) is 13.4. The van der Waals surface area contributed by atoms with E-state index in [1.54, 1.807) is 12.1 Å². The summed E-state index contributed by atoms with van der Waals surface area (Å²) >= 11 is 0. The molecule has 0 unspecified atom stereocenters. The van der Waals surface area contributed by atoms with Crippen molar-refractivity contribution in [3.05, 3.63) is 54.3 Å². The number of nitrogens with zero attached hydrogens (tertiary/aromatic N) is 2. The van der Waals surface area contributed by atoms with Gasteiger partial charge in [0, 0.05) is 14.1 Å². The molecule has 0 amide bonds. The number of sulfone groups is 1. The van der Waals surface area contributed by atoms with E-state index in [1.165, 1.54) is 30.3 Å². The molecule has 0 heterocycles. The molecule has 0 spiro atoms. The van der Waals surface area contributed by atoms with Gasteiger partial charge in [0.05, 0.1) is 10.6 Å². The fourth-order valence-corrected chi connectivity index (χ4v) is 3.11. The summed E-state index contributed by atoms with van der Waals surface area (Å²) in [5.74, 6) is 0.0396. The normalized spacial score (nSPS) is 12.3. The minimum atomic E-state index is -3.87. The first-order valence-electron chi connectivity index (χ1n) is 6.64. The Balaban J connectivity index is 2.39. The SMILES string of the molecule is CC(=Nc1ccc(S(=O)(=O)c2ccccc2F)cc1)N(C)C. The molecule has 0 saturated heterocycles. The Bertz CT molecular complexity index is 797. The highest BCUT2D eigenvalue weighted by atomic mass is 32.2. The van der Waals surface area contributed by atoms with Crippen LogP contribution in [-0.2, 0) is 9.84 Å². The van der Waals surface area contributed by atoms with Crippen LogP contribution in [0.3, 0.4) is 0 Å². The molecule has 0 aliphatic carbocycles. The third-order valence-corrected chi connectivity index (χ3v) is 5.01. The van der Waals surface area contributed by atoms with Crippen molar-refractivity contribution in [2.24, 2.45) is 4.99 Å². The van der Waals surface area contributed by atoms with Crippen LogP contribution in [0.5, 0.6) is 0 Å². The minimum absolute atomic E-state index is 0.0408. The van der Waals surface area contributed by atoms with Crippen molar-refractivity contribution >= 4 is 21.4 Å². The molecule has 2 rings (SSSR count). The van der Waals surface area contributed by atoms with Gasteiger partial charge >= 0.3 is 0 Å². The molecule has 22 heavy (non-hydrogen) atoms. The van der Waals surface area contributed by atoms with E-state index >= 15 is 0 Å². The Labute approximate surface area is 129 Å². The first kappa shape index (κ1) is 16.2. The number of benzene rings is 2. The quantitative estimate of drug-likeness (QED) is 0.644. The number of hydrogen-bond donors (Lipinski definition) is 0. The lowest BCUT2D eigenvalue weighted by Gasteiger charge is -2.11. The number of aliphatic imine (C=N–C) groups is 1. The van der Waals surface area contributed by atoms with Crippen molar-refractivity contribution in [2.45, 2.75) is 16.7 Å². The second-order valence-corrected chi connectivity index (χ2v) is 6.90. The summed E-state index contributed by atoms with van der Waals surface area (Å²) in [6.45, 7) is 1.85. The van der Waals surface area contributed by atoms with Gasteiger partial charge in [-0.15, -0.1) is 0 Å². The molecular formula is C16H17FN2O2S. The second-order valence-electron chi connectivity index (χ2n) is 4.98. The highest BCUT2D eigenvalue weighted by Crippen LogP contribution is 2.25. The Kier molecular flexibility index (Phi) is 4.61. The van der Waals surface area contributed by atoms with Crippen LogP contribution in [0, 0.1) is 5.82 Å². The van der Waals surface area contributed by atoms with E-state index in [0.717, 1.165) is 11.9 Å². The summed E-state index contributed by atoms with van der Waals surface area (Å²) < 4.78 is 38.5. The molecule has 0 aliphatic heterocycles. The first-order chi connectivity index (χ1) is 10.3. The van der Waals surface area contributed by atoms with Crippen LogP contribution >= 0.6 is 0 Å². The molecule has 0 saturated carbocycles. The van der Waals surface area contributed by atoms with Crippen LogP contribution in [0.2, 0.25) is 0 Å². The fraction of sp³-hybridized carbons (Fsp3) is 0.188. The maximum absolute atomic E-state index is 13.7. The lowest BCUT2D eigenvalue weighted by atomic mass is 10.3. The smallest absolute Gasteiger partial charge is 0.209 e. The van der Waals surface area contributed by atoms with Gasteiger partial charge in [-0.05, 0) is 43.3 Å². The lowest BCUT2D eigenvalue weighted by molar-refractivity contribution is 0.567. The monoisotopic (exact) mass is 320 g/mol. The minimum Gasteiger partial charge on any atom is -0.366 e. The number of rotatable bonds is 3. The highest BCUT2D eigenvalue weighted by molar-refractivity contribution is 7.91. The Morgan fingerprint density at radius 1 is 1.05 bits per heavy atom. The van der Waals surface area contributed by atoms with Gasteiger partial charge in [0.2, 0.25) is 9.84 Å². The molecule has 0 aliphatic rings. The summed E-state index contributed by atoms with van der Waals surface area (Å²) in [4.78, 5) is 5.91. The van der Waals surface area contributed by atoms with E-state index in [1.807, 2.05) is 25.9 Å². The molecule has 0 atom stereocenters. The summed E-state index contributed by atoms with van der Waals surface area (Å²) in [5, 5.41) is 0. The van der Waals surface area contributed by atoms with Crippen molar-refractivity contribution in [3.8, 4) is 0 Å². The van der Waals surface area contributed by atoms with E-state index in [0.29, 0.717) is 5.69 Å². The Morgan fingerprint density at radius 3 is 2.18 bits per heavy atom. The van der Waals surface area contributed by atoms with E-state index in [2.05, 4.69) is 4.99 Å². The highest BCUT2D eigenvalue weighted by Gasteiger charge is 2.21. The molecule has 2 aromatic carbocycles. The molecule has 0 radical (unpaired) electrons. The van der Waals surface area contributed by atoms with Crippen LogP contribution < -0.4 is 0 Å². The van der Waals surface area contributed by atoms with Gasteiger partial charge in [-0.25, -0.2) is 17.8 Å². The van der Waals surface area contributed by atoms with Crippen LogP contribution in [-0.4, -0.2) is 33.2 Å². The average molecular weight is 320 g/mol. The van der Waals surface area contributed by atoms with Gasteiger partial charge in [-0.2, -0.15) is 0 Å². The molecule has 0 fully saturated rings. The number of amidine groups is 1. The molecule has 4 nitrogen and oxygen atoms in total. The van der Waals surface area contributed by atoms with Gasteiger partial charge in [-0.3, -0.25) is 0 Å². The van der Waals surface area contributed by atoms with Crippen LogP contribution in [0.1, 0.15) is 6.92 Å². The predicted octanol–water partition coefficient (Wildman–Crippen LogP) is 3.27. The summed E-state index contributed by atoms with van der Waals surface area (Å²) in [5.41, 5.74) is 0.638. The number of hydrogen-bond acceptors (Lipinski definition) is 3. The Hall–Kier alpha value is -2.21. The molecule has 0 aromatic heterocycles. The van der Waals surface area contributed by atoms with Gasteiger partial charge in [0.15, 0.2) is 0 Å². The van der Waals surface area contributed by atoms with Crippen molar-refractivity contribution in [1.82, 2.24) is 4.90 Å². The largest absolute Gasteiger partial charge is 0.366 e. The average Bonchev–Trinajstić information content (AvgIpc) is 2.48. The molecule has 0 bridgehead atoms. The van der Waals surface area contributed by atoms with Gasteiger partial charge < -0.3 is 4.90 Å². The van der Waals surface area contributed by atoms with E-state index in [4.69, 9.17) is 0 Å². The van der Waals surface area contributed by atoms with Crippen molar-refractivity contribution in [1.29, 1.82) is 0 Å². The summed E-state index contributed by atoms with van der Waals surface area (Å²) in [7, 11) is -0.123. The van der Waals surface area contributed by atoms with Crippen LogP contribution in [0.25, 0.3) is 0 Å². The predicted molar refractivity (Wildman–Crippen MR) is 84.7 cm³/mol. The topological polar surface area (TPSA) is 49.7 Å². The molecule has 116 valence electrons. The van der Waals surface area contributed by atoms with Crippen molar-refractivity contribution in [2.75, 3.05) is 14.1 Å². The van der Waals surface area contributed by atoms with E-state index < -0.39 is 15.7 Å². The zero-order chi connectivity index (χ0) is 16.3. The second kappa shape index (κ2) is 6.27. The van der Waals surface area contributed by atoms with Gasteiger partial charge in [-0.1, -0.05) is 12.1 Å². The van der Waals surface area contributed by atoms with E-state index in [9.17, 15) is 12.8 Å². The lowest BCUT2D eigenvalue weighted by Crippen LogP contribution is -2.17. The van der Waals surface area contributed by atoms with Gasteiger partial charge in [0.1, 0.15) is 16.5 Å². The third kappa shape index (κ3) is 3.33. The maximum Gasteiger partial charge on any atom is 0.209 e. The zero-order valence-electron chi connectivity index (χ0n) is 12.6. The molecule has 2 aromatic rings. The molecular weight excluding hydrogens is 303 g/mol. The van der Waals surface area contributed by atoms with Crippen molar-refractivity contribution in [3.63, 3.8) is 0 Å². The first-order valence-corrected chi connectivity index (χ1v) is 8.13. The fourth-order valence-electron chi connectivity index (χ4n) is 1.78. The summed E-state index contributed by atoms with van der Waals surface area (Å²) in [6, 6.07) is 11.4. The standard InChI is InChI=1S/C16H17FN2O2S/c1-12(19(2)3)18-13-8-10-14(11-9-13)22(20,21)16-7-5-4-6-15(16)17/h4-11H,1-3H3. The Morgan fingerprint density at radius 2 is 1.64 bits per heavy atom. The maximum atomic E-state index is 13.7. The van der Waals surface area contributed by atoms with Crippen LogP contribution in [0.4, 0.5) is 10.1 Å². The van der Waals surface area contributed by atoms with Crippen molar-refractivity contribution < 1.29 is 12.8 Å².